The third-order valence-corrected chi connectivity index (χ3v) is 4.32. The predicted molar refractivity (Wildman–Crippen MR) is 86.7 cm³/mol. The average molecular weight is 314 g/mol. The first-order chi connectivity index (χ1) is 9.29. The summed E-state index contributed by atoms with van der Waals surface area (Å²) in [6, 6.07) is 5.35. The van der Waals surface area contributed by atoms with Crippen molar-refractivity contribution in [2.45, 2.75) is 39.8 Å². The molecule has 1 atom stereocenters. The van der Waals surface area contributed by atoms with Gasteiger partial charge in [0.1, 0.15) is 0 Å². The standard InChI is InChI=1S/C15H23N3O2.ClH/c1-11-8-13(18(19)20)5-4-12(11)9-17-7-6-14(16)15(2,3)10-17;/h4-5,8,14H,6-7,9-10,16H2,1-3H3;1H. The van der Waals surface area contributed by atoms with E-state index in [2.05, 4.69) is 18.7 Å². The summed E-state index contributed by atoms with van der Waals surface area (Å²) in [5.41, 5.74) is 8.56. The van der Waals surface area contributed by atoms with Gasteiger partial charge in [-0.25, -0.2) is 0 Å². The minimum absolute atomic E-state index is 0. The molecule has 1 heterocycles. The van der Waals surface area contributed by atoms with Gasteiger partial charge in [0.25, 0.3) is 5.69 Å². The highest BCUT2D eigenvalue weighted by Crippen LogP contribution is 2.29. The Hall–Kier alpha value is -1.17. The summed E-state index contributed by atoms with van der Waals surface area (Å²) in [4.78, 5) is 12.8. The zero-order valence-corrected chi connectivity index (χ0v) is 13.7. The van der Waals surface area contributed by atoms with E-state index in [1.807, 2.05) is 13.0 Å². The number of hydrogen-bond donors (Lipinski definition) is 1. The van der Waals surface area contributed by atoms with Crippen LogP contribution in [0.25, 0.3) is 0 Å². The van der Waals surface area contributed by atoms with Gasteiger partial charge in [-0.3, -0.25) is 15.0 Å². The number of likely N-dealkylation sites (tertiary alicyclic amines) is 1. The van der Waals surface area contributed by atoms with E-state index in [1.54, 1.807) is 12.1 Å². The van der Waals surface area contributed by atoms with Crippen molar-refractivity contribution in [2.75, 3.05) is 13.1 Å². The Labute approximate surface area is 132 Å². The van der Waals surface area contributed by atoms with Crippen molar-refractivity contribution in [2.24, 2.45) is 11.1 Å². The number of benzene rings is 1. The molecule has 0 saturated carbocycles. The van der Waals surface area contributed by atoms with Gasteiger partial charge in [-0.1, -0.05) is 19.9 Å². The predicted octanol–water partition coefficient (Wildman–Crippen LogP) is 2.88. The number of aryl methyl sites for hydroxylation is 1. The first-order valence-corrected chi connectivity index (χ1v) is 7.01. The number of halogens is 1. The molecule has 2 rings (SSSR count). The van der Waals surface area contributed by atoms with E-state index < -0.39 is 0 Å². The fraction of sp³-hybridized carbons (Fsp3) is 0.600. The molecule has 0 spiro atoms. The maximum atomic E-state index is 10.8. The van der Waals surface area contributed by atoms with E-state index in [1.165, 1.54) is 0 Å². The van der Waals surface area contributed by atoms with E-state index in [0.717, 1.165) is 37.2 Å². The molecular weight excluding hydrogens is 290 g/mol. The molecular formula is C15H24ClN3O2. The lowest BCUT2D eigenvalue weighted by Gasteiger charge is -2.42. The molecule has 1 aliphatic heterocycles. The van der Waals surface area contributed by atoms with E-state index in [0.29, 0.717) is 0 Å². The summed E-state index contributed by atoms with van der Waals surface area (Å²) in [5, 5.41) is 10.8. The number of nitrogens with two attached hydrogens (primary N) is 1. The highest BCUT2D eigenvalue weighted by molar-refractivity contribution is 5.85. The van der Waals surface area contributed by atoms with Gasteiger partial charge < -0.3 is 5.73 Å². The van der Waals surface area contributed by atoms with Crippen molar-refractivity contribution in [1.82, 2.24) is 4.90 Å². The summed E-state index contributed by atoms with van der Waals surface area (Å²) >= 11 is 0. The first-order valence-electron chi connectivity index (χ1n) is 7.01. The second-order valence-electron chi connectivity index (χ2n) is 6.46. The zero-order valence-electron chi connectivity index (χ0n) is 12.8. The van der Waals surface area contributed by atoms with Gasteiger partial charge in [-0.15, -0.1) is 12.4 Å². The molecule has 1 fully saturated rings. The van der Waals surface area contributed by atoms with Crippen LogP contribution < -0.4 is 5.73 Å². The zero-order chi connectivity index (χ0) is 14.9. The third kappa shape index (κ3) is 4.15. The van der Waals surface area contributed by atoms with Gasteiger partial charge in [0.05, 0.1) is 4.92 Å². The minimum Gasteiger partial charge on any atom is -0.327 e. The number of hydrogen-bond acceptors (Lipinski definition) is 4. The number of non-ortho nitro benzene ring substituents is 1. The quantitative estimate of drug-likeness (QED) is 0.688. The maximum absolute atomic E-state index is 10.8. The average Bonchev–Trinajstić information content (AvgIpc) is 2.35. The maximum Gasteiger partial charge on any atom is 0.269 e. The Morgan fingerprint density at radius 3 is 2.67 bits per heavy atom. The number of piperidine rings is 1. The van der Waals surface area contributed by atoms with Crippen LogP contribution in [0.15, 0.2) is 18.2 Å². The van der Waals surface area contributed by atoms with Crippen LogP contribution in [0.1, 0.15) is 31.4 Å². The van der Waals surface area contributed by atoms with Crippen molar-refractivity contribution < 1.29 is 4.92 Å². The lowest BCUT2D eigenvalue weighted by atomic mass is 9.79. The summed E-state index contributed by atoms with van der Waals surface area (Å²) in [6.07, 6.45) is 0.999. The molecule has 1 aromatic carbocycles. The SMILES string of the molecule is Cc1cc([N+](=O)[O-])ccc1CN1CCC(N)C(C)(C)C1.Cl. The molecule has 5 nitrogen and oxygen atoms in total. The number of nitrogens with zero attached hydrogens (tertiary/aromatic N) is 2. The van der Waals surface area contributed by atoms with Gasteiger partial charge in [0, 0.05) is 37.8 Å². The fourth-order valence-corrected chi connectivity index (χ4v) is 2.83. The molecule has 21 heavy (non-hydrogen) atoms. The van der Waals surface area contributed by atoms with Crippen molar-refractivity contribution in [3.8, 4) is 0 Å². The number of rotatable bonds is 3. The van der Waals surface area contributed by atoms with E-state index in [-0.39, 0.29) is 34.5 Å². The minimum atomic E-state index is -0.347. The molecule has 0 bridgehead atoms. The molecule has 0 aromatic heterocycles. The van der Waals surface area contributed by atoms with Crippen LogP contribution in [-0.2, 0) is 6.54 Å². The van der Waals surface area contributed by atoms with Crippen LogP contribution in [-0.4, -0.2) is 29.0 Å². The van der Waals surface area contributed by atoms with Crippen molar-refractivity contribution in [1.29, 1.82) is 0 Å². The Balaban J connectivity index is 0.00000220. The molecule has 1 aromatic rings. The molecule has 2 N–H and O–H groups in total. The topological polar surface area (TPSA) is 72.4 Å². The monoisotopic (exact) mass is 313 g/mol. The van der Waals surface area contributed by atoms with Crippen LogP contribution in [0.2, 0.25) is 0 Å². The highest BCUT2D eigenvalue weighted by atomic mass is 35.5. The molecule has 0 radical (unpaired) electrons. The van der Waals surface area contributed by atoms with Gasteiger partial charge in [-0.2, -0.15) is 0 Å². The van der Waals surface area contributed by atoms with Crippen molar-refractivity contribution >= 4 is 18.1 Å². The van der Waals surface area contributed by atoms with E-state index >= 15 is 0 Å². The van der Waals surface area contributed by atoms with Gasteiger partial charge in [-0.05, 0) is 29.9 Å². The highest BCUT2D eigenvalue weighted by Gasteiger charge is 2.33. The second-order valence-corrected chi connectivity index (χ2v) is 6.46. The normalized spacial score (nSPS) is 21.6. The molecule has 1 aliphatic rings. The van der Waals surface area contributed by atoms with Crippen LogP contribution >= 0.6 is 12.4 Å². The van der Waals surface area contributed by atoms with Crippen LogP contribution in [0.3, 0.4) is 0 Å². The van der Waals surface area contributed by atoms with Gasteiger partial charge in [0.15, 0.2) is 0 Å². The van der Waals surface area contributed by atoms with Gasteiger partial charge >= 0.3 is 0 Å². The third-order valence-electron chi connectivity index (χ3n) is 4.32. The van der Waals surface area contributed by atoms with Crippen LogP contribution in [0.5, 0.6) is 0 Å². The van der Waals surface area contributed by atoms with Crippen LogP contribution in [0, 0.1) is 22.5 Å². The Morgan fingerprint density at radius 1 is 1.48 bits per heavy atom. The lowest BCUT2D eigenvalue weighted by Crippen LogP contribution is -2.52. The largest absolute Gasteiger partial charge is 0.327 e. The molecule has 0 aliphatic carbocycles. The van der Waals surface area contributed by atoms with Crippen molar-refractivity contribution in [3.63, 3.8) is 0 Å². The van der Waals surface area contributed by atoms with Gasteiger partial charge in [0.2, 0.25) is 0 Å². The fourth-order valence-electron chi connectivity index (χ4n) is 2.83. The molecule has 118 valence electrons. The first kappa shape index (κ1) is 17.9. The molecule has 6 heteroatoms. The Kier molecular flexibility index (Phi) is 5.73. The summed E-state index contributed by atoms with van der Waals surface area (Å²) in [7, 11) is 0. The van der Waals surface area contributed by atoms with Crippen molar-refractivity contribution in [3.05, 3.63) is 39.4 Å². The molecule has 1 saturated heterocycles. The number of nitro groups is 1. The molecule has 0 amide bonds. The molecule has 1 unspecified atom stereocenters. The Morgan fingerprint density at radius 2 is 2.14 bits per heavy atom. The summed E-state index contributed by atoms with van der Waals surface area (Å²) in [5.74, 6) is 0. The second kappa shape index (κ2) is 6.73. The lowest BCUT2D eigenvalue weighted by molar-refractivity contribution is -0.384. The smallest absolute Gasteiger partial charge is 0.269 e. The summed E-state index contributed by atoms with van der Waals surface area (Å²) in [6.45, 7) is 9.12. The van der Waals surface area contributed by atoms with E-state index in [9.17, 15) is 10.1 Å². The number of nitro benzene ring substituents is 1. The van der Waals surface area contributed by atoms with Crippen LogP contribution in [0.4, 0.5) is 5.69 Å². The Bertz CT molecular complexity index is 520. The van der Waals surface area contributed by atoms with E-state index in [4.69, 9.17) is 5.73 Å². The summed E-state index contributed by atoms with van der Waals surface area (Å²) < 4.78 is 0.